The molecule has 16 nitrogen and oxygen atoms in total. The van der Waals surface area contributed by atoms with Crippen molar-refractivity contribution < 1.29 is 25.3 Å². The zero-order valence-electron chi connectivity index (χ0n) is 44.2. The molecule has 0 atom stereocenters. The lowest BCUT2D eigenvalue weighted by atomic mass is 10.1. The van der Waals surface area contributed by atoms with Gasteiger partial charge in [0.15, 0.2) is 64.5 Å². The summed E-state index contributed by atoms with van der Waals surface area (Å²) in [6.45, 7) is 0. The average molecular weight is 1140 g/mol. The van der Waals surface area contributed by atoms with Gasteiger partial charge in [-0.1, -0.05) is 127 Å². The van der Waals surface area contributed by atoms with E-state index in [0.717, 1.165) is 33.8 Å². The van der Waals surface area contributed by atoms with Gasteiger partial charge in [-0.05, 0) is 109 Å². The minimum Gasteiger partial charge on any atom is -0.310 e. The summed E-state index contributed by atoms with van der Waals surface area (Å²) < 4.78 is 82.4. The quantitative estimate of drug-likeness (QED) is 0.0940. The van der Waals surface area contributed by atoms with Crippen LogP contribution in [0.15, 0.2) is 251 Å². The maximum atomic E-state index is 12.8. The number of anilines is 3. The molecule has 0 unspecified atom stereocenters. The molecule has 0 amide bonds. The van der Waals surface area contributed by atoms with Crippen LogP contribution >= 0.6 is 0 Å². The highest BCUT2D eigenvalue weighted by molar-refractivity contribution is 7.91. The van der Waals surface area contributed by atoms with Crippen molar-refractivity contribution in [1.82, 2.24) is 44.3 Å². The topological polar surface area (TPSA) is 198 Å². The lowest BCUT2D eigenvalue weighted by Gasteiger charge is -2.26. The predicted molar refractivity (Wildman–Crippen MR) is 318 cm³/mol. The Hall–Kier alpha value is -9.95. The van der Waals surface area contributed by atoms with Gasteiger partial charge in [-0.25, -0.2) is 25.3 Å². The normalized spacial score (nSPS) is 11.9. The molecule has 404 valence electrons. The fourth-order valence-corrected chi connectivity index (χ4v) is 11.8. The fraction of sp³-hybridized carbons (Fsp3) is 0.0476. The largest absolute Gasteiger partial charge is 0.310 e. The summed E-state index contributed by atoms with van der Waals surface area (Å²) in [4.78, 5) is 2.55. The standard InChI is InChI=1S/C63H48N10O6S3/c1-80(74,75)55-25-13-22-46(40-55)61-67-64-58(43-16-7-4-8-17-43)71(61)52-34-28-49(29-35-52)70(50-30-36-53(37-31-50)72-59(44-18-9-5-10-19-44)65-68-62(72)47-23-14-26-56(41-47)81(2,76)77)51-32-38-54(39-33-51)73-60(45-20-11-6-12-21-45)66-69-63(73)48-24-15-27-57(42-48)82(3,78)79/h4-42H,1-3H3. The van der Waals surface area contributed by atoms with Crippen molar-refractivity contribution in [3.63, 3.8) is 0 Å². The van der Waals surface area contributed by atoms with Gasteiger partial charge in [0.2, 0.25) is 0 Å². The zero-order chi connectivity index (χ0) is 56.8. The Morgan fingerprint density at radius 2 is 0.488 bits per heavy atom. The molecular weight excluding hydrogens is 1090 g/mol. The van der Waals surface area contributed by atoms with Crippen molar-refractivity contribution in [2.24, 2.45) is 0 Å². The third-order valence-electron chi connectivity index (χ3n) is 13.7. The van der Waals surface area contributed by atoms with Crippen LogP contribution in [0.5, 0.6) is 0 Å². The second kappa shape index (κ2) is 21.3. The SMILES string of the molecule is CS(=O)(=O)c1cccc(-c2nnc(-c3ccccc3)n2-c2ccc(N(c3ccc(-n4c(-c5ccccc5)nnc4-c4cccc(S(C)(=O)=O)c4)cc3)c3ccc(-n4c(-c5ccccc5)nnc4-c4cccc(S(C)(=O)=O)c4)cc3)cc2)c1. The van der Waals surface area contributed by atoms with E-state index in [0.29, 0.717) is 68.7 Å². The average Bonchev–Trinajstić information content (AvgIpc) is 4.45. The van der Waals surface area contributed by atoms with E-state index >= 15 is 0 Å². The van der Waals surface area contributed by atoms with Crippen molar-refractivity contribution in [3.8, 4) is 85.4 Å². The first-order chi connectivity index (χ1) is 39.6. The highest BCUT2D eigenvalue weighted by Gasteiger charge is 2.24. The summed E-state index contributed by atoms with van der Waals surface area (Å²) in [5, 5.41) is 27.9. The number of rotatable bonds is 15. The minimum absolute atomic E-state index is 0.153. The molecule has 82 heavy (non-hydrogen) atoms. The third kappa shape index (κ3) is 10.4. The first-order valence-electron chi connectivity index (χ1n) is 25.6. The molecule has 3 aromatic heterocycles. The lowest BCUT2D eigenvalue weighted by molar-refractivity contribution is 0.600. The first-order valence-corrected chi connectivity index (χ1v) is 31.3. The Balaban J connectivity index is 1.01. The Bertz CT molecular complexity index is 4210. The molecule has 3 heterocycles. The van der Waals surface area contributed by atoms with Crippen LogP contribution in [0.4, 0.5) is 17.1 Å². The summed E-state index contributed by atoms with van der Waals surface area (Å²) in [5.41, 5.74) is 8.51. The van der Waals surface area contributed by atoms with Gasteiger partial charge in [-0.15, -0.1) is 30.6 Å². The molecule has 9 aromatic carbocycles. The van der Waals surface area contributed by atoms with Crippen LogP contribution < -0.4 is 4.90 Å². The van der Waals surface area contributed by atoms with Gasteiger partial charge in [0.05, 0.1) is 14.7 Å². The summed E-state index contributed by atoms with van der Waals surface area (Å²) in [6, 6.07) is 72.6. The van der Waals surface area contributed by atoms with E-state index in [1.165, 1.54) is 18.8 Å². The number of hydrogen-bond acceptors (Lipinski definition) is 13. The molecule has 12 aromatic rings. The second-order valence-electron chi connectivity index (χ2n) is 19.4. The highest BCUT2D eigenvalue weighted by atomic mass is 32.2. The Morgan fingerprint density at radius 1 is 0.268 bits per heavy atom. The van der Waals surface area contributed by atoms with Crippen molar-refractivity contribution in [2.45, 2.75) is 14.7 Å². The van der Waals surface area contributed by atoms with E-state index in [-0.39, 0.29) is 14.7 Å². The van der Waals surface area contributed by atoms with E-state index in [1.807, 2.05) is 196 Å². The maximum absolute atomic E-state index is 12.8. The van der Waals surface area contributed by atoms with E-state index in [2.05, 4.69) is 35.5 Å². The third-order valence-corrected chi connectivity index (χ3v) is 17.1. The van der Waals surface area contributed by atoms with Crippen molar-refractivity contribution in [1.29, 1.82) is 0 Å². The number of aromatic nitrogens is 9. The Kier molecular flexibility index (Phi) is 13.7. The molecule has 0 radical (unpaired) electrons. The van der Waals surface area contributed by atoms with Crippen LogP contribution in [0, 0.1) is 0 Å². The van der Waals surface area contributed by atoms with E-state index in [4.69, 9.17) is 0 Å². The summed E-state index contributed by atoms with van der Waals surface area (Å²) in [7, 11) is -10.6. The smallest absolute Gasteiger partial charge is 0.175 e. The van der Waals surface area contributed by atoms with Crippen molar-refractivity contribution in [3.05, 3.63) is 237 Å². The van der Waals surface area contributed by atoms with E-state index < -0.39 is 29.5 Å². The molecule has 19 heteroatoms. The fourth-order valence-electron chi connectivity index (χ4n) is 9.77. The molecule has 0 aliphatic carbocycles. The zero-order valence-corrected chi connectivity index (χ0v) is 46.6. The van der Waals surface area contributed by atoms with Gasteiger partial charge in [0.25, 0.3) is 0 Å². The number of nitrogens with zero attached hydrogens (tertiary/aromatic N) is 10. The highest BCUT2D eigenvalue weighted by Crippen LogP contribution is 2.40. The second-order valence-corrected chi connectivity index (χ2v) is 25.5. The summed E-state index contributed by atoms with van der Waals surface area (Å²) in [5.74, 6) is 2.98. The van der Waals surface area contributed by atoms with Crippen LogP contribution in [0.3, 0.4) is 0 Å². The van der Waals surface area contributed by atoms with Crippen LogP contribution in [-0.2, 0) is 29.5 Å². The van der Waals surface area contributed by atoms with Crippen LogP contribution in [0.1, 0.15) is 0 Å². The molecule has 12 rings (SSSR count). The van der Waals surface area contributed by atoms with Crippen molar-refractivity contribution in [2.75, 3.05) is 23.7 Å². The minimum atomic E-state index is -3.55. The van der Waals surface area contributed by atoms with Crippen LogP contribution in [0.25, 0.3) is 85.4 Å². The first kappa shape index (κ1) is 52.7. The summed E-state index contributed by atoms with van der Waals surface area (Å²) in [6.07, 6.45) is 3.52. The van der Waals surface area contributed by atoms with Gasteiger partial charge >= 0.3 is 0 Å². The van der Waals surface area contributed by atoms with Crippen LogP contribution in [0.2, 0.25) is 0 Å². The molecule has 0 aliphatic heterocycles. The van der Waals surface area contributed by atoms with Gasteiger partial charge in [0.1, 0.15) is 0 Å². The number of benzene rings is 9. The van der Waals surface area contributed by atoms with Gasteiger partial charge in [-0.3, -0.25) is 13.7 Å². The van der Waals surface area contributed by atoms with Gasteiger partial charge in [0, 0.05) is 86.3 Å². The molecule has 0 bridgehead atoms. The molecular formula is C63H48N10O6S3. The van der Waals surface area contributed by atoms with Gasteiger partial charge < -0.3 is 4.90 Å². The maximum Gasteiger partial charge on any atom is 0.175 e. The van der Waals surface area contributed by atoms with E-state index in [1.54, 1.807) is 54.6 Å². The molecule has 0 saturated carbocycles. The number of hydrogen-bond donors (Lipinski definition) is 0. The molecule has 0 aliphatic rings. The summed E-state index contributed by atoms with van der Waals surface area (Å²) >= 11 is 0. The van der Waals surface area contributed by atoms with Gasteiger partial charge in [-0.2, -0.15) is 0 Å². The molecule has 0 saturated heterocycles. The predicted octanol–water partition coefficient (Wildman–Crippen LogP) is 12.1. The molecule has 0 spiro atoms. The monoisotopic (exact) mass is 1140 g/mol. The van der Waals surface area contributed by atoms with Crippen LogP contribution in [-0.4, -0.2) is 88.3 Å². The molecule has 0 fully saturated rings. The Labute approximate surface area is 473 Å². The molecule has 0 N–H and O–H groups in total. The Morgan fingerprint density at radius 3 is 0.720 bits per heavy atom. The van der Waals surface area contributed by atoms with E-state index in [9.17, 15) is 25.3 Å². The number of sulfone groups is 3. The van der Waals surface area contributed by atoms with Crippen molar-refractivity contribution >= 4 is 46.6 Å². The lowest BCUT2D eigenvalue weighted by Crippen LogP contribution is -2.11.